The van der Waals surface area contributed by atoms with Crippen molar-refractivity contribution in [2.75, 3.05) is 26.2 Å². The van der Waals surface area contributed by atoms with E-state index in [9.17, 15) is 0 Å². The van der Waals surface area contributed by atoms with Crippen LogP contribution in [-0.2, 0) is 18.3 Å². The molecule has 142 valence electrons. The minimum atomic E-state index is 0. The van der Waals surface area contributed by atoms with Gasteiger partial charge in [0.05, 0.1) is 13.2 Å². The Hall–Kier alpha value is -1.68. The second kappa shape index (κ2) is 9.86. The zero-order chi connectivity index (χ0) is 17.6. The Kier molecular flexibility index (Phi) is 7.83. The Morgan fingerprint density at radius 3 is 2.88 bits per heavy atom. The van der Waals surface area contributed by atoms with E-state index in [-0.39, 0.29) is 30.1 Å². The van der Waals surface area contributed by atoms with Crippen LogP contribution in [0.3, 0.4) is 0 Å². The standard InChI is InChI=1S/C18H26N6O.HI/c1-4-19-18(20-11-17-22-21-13-23(17)3)24-9-10-25-16(12-24)15-8-6-5-7-14(15)2;/h5-8,13,16H,4,9-12H2,1-3H3,(H,19,20);1H. The molecule has 7 nitrogen and oxygen atoms in total. The van der Waals surface area contributed by atoms with Crippen molar-refractivity contribution >= 4 is 29.9 Å². The van der Waals surface area contributed by atoms with Crippen LogP contribution in [0.25, 0.3) is 0 Å². The first-order valence-electron chi connectivity index (χ1n) is 8.72. The summed E-state index contributed by atoms with van der Waals surface area (Å²) in [5, 5.41) is 11.4. The Labute approximate surface area is 171 Å². The molecule has 1 aliphatic heterocycles. The lowest BCUT2D eigenvalue weighted by atomic mass is 10.0. The first-order valence-corrected chi connectivity index (χ1v) is 8.72. The fraction of sp³-hybridized carbons (Fsp3) is 0.500. The largest absolute Gasteiger partial charge is 0.370 e. The van der Waals surface area contributed by atoms with Crippen LogP contribution in [-0.4, -0.2) is 51.9 Å². The van der Waals surface area contributed by atoms with Gasteiger partial charge in [0.1, 0.15) is 19.0 Å². The first kappa shape index (κ1) is 20.6. The normalized spacial score (nSPS) is 17.7. The molecule has 26 heavy (non-hydrogen) atoms. The summed E-state index contributed by atoms with van der Waals surface area (Å²) in [7, 11) is 1.93. The summed E-state index contributed by atoms with van der Waals surface area (Å²) in [6.45, 7) is 7.84. The van der Waals surface area contributed by atoms with Gasteiger partial charge >= 0.3 is 0 Å². The second-order valence-electron chi connectivity index (χ2n) is 6.19. The molecule has 2 aromatic rings. The molecule has 1 unspecified atom stereocenters. The molecular formula is C18H27IN6O. The van der Waals surface area contributed by atoms with Crippen molar-refractivity contribution in [2.24, 2.45) is 12.0 Å². The van der Waals surface area contributed by atoms with Gasteiger partial charge in [0, 0.05) is 20.1 Å². The number of aliphatic imine (C=N–C) groups is 1. The highest BCUT2D eigenvalue weighted by Crippen LogP contribution is 2.25. The third kappa shape index (κ3) is 4.94. The number of rotatable bonds is 4. The molecule has 1 saturated heterocycles. The summed E-state index contributed by atoms with van der Waals surface area (Å²) in [5.74, 6) is 1.74. The SMILES string of the molecule is CCNC(=NCc1nncn1C)N1CCOC(c2ccccc2C)C1.I. The molecule has 1 aromatic carbocycles. The number of morpholine rings is 1. The number of aryl methyl sites for hydroxylation is 2. The number of ether oxygens (including phenoxy) is 1. The molecular weight excluding hydrogens is 443 g/mol. The van der Waals surface area contributed by atoms with E-state index in [0.717, 1.165) is 31.4 Å². The smallest absolute Gasteiger partial charge is 0.194 e. The highest BCUT2D eigenvalue weighted by Gasteiger charge is 2.25. The molecule has 2 heterocycles. The van der Waals surface area contributed by atoms with E-state index < -0.39 is 0 Å². The molecule has 0 bridgehead atoms. The summed E-state index contributed by atoms with van der Waals surface area (Å²) < 4.78 is 7.91. The fourth-order valence-electron chi connectivity index (χ4n) is 3.00. The third-order valence-corrected chi connectivity index (χ3v) is 4.41. The van der Waals surface area contributed by atoms with E-state index in [4.69, 9.17) is 9.73 Å². The zero-order valence-corrected chi connectivity index (χ0v) is 17.9. The maximum Gasteiger partial charge on any atom is 0.194 e. The van der Waals surface area contributed by atoms with Crippen LogP contribution < -0.4 is 5.32 Å². The molecule has 1 fully saturated rings. The summed E-state index contributed by atoms with van der Waals surface area (Å²) in [6.07, 6.45) is 1.76. The number of nitrogens with zero attached hydrogens (tertiary/aromatic N) is 5. The van der Waals surface area contributed by atoms with Gasteiger partial charge in [-0.15, -0.1) is 34.2 Å². The van der Waals surface area contributed by atoms with Crippen LogP contribution in [0.1, 0.15) is 30.0 Å². The van der Waals surface area contributed by atoms with E-state index in [1.54, 1.807) is 6.33 Å². The van der Waals surface area contributed by atoms with Crippen LogP contribution in [0.5, 0.6) is 0 Å². The first-order chi connectivity index (χ1) is 12.2. The molecule has 0 amide bonds. The maximum absolute atomic E-state index is 6.02. The van der Waals surface area contributed by atoms with E-state index in [1.165, 1.54) is 11.1 Å². The Morgan fingerprint density at radius 2 is 2.19 bits per heavy atom. The van der Waals surface area contributed by atoms with E-state index in [2.05, 4.69) is 58.5 Å². The monoisotopic (exact) mass is 470 g/mol. The number of guanidine groups is 1. The number of hydrogen-bond acceptors (Lipinski definition) is 4. The van der Waals surface area contributed by atoms with Crippen molar-refractivity contribution in [1.29, 1.82) is 0 Å². The van der Waals surface area contributed by atoms with Crippen LogP contribution >= 0.6 is 24.0 Å². The van der Waals surface area contributed by atoms with E-state index in [0.29, 0.717) is 13.2 Å². The minimum Gasteiger partial charge on any atom is -0.370 e. The highest BCUT2D eigenvalue weighted by molar-refractivity contribution is 14.0. The topological polar surface area (TPSA) is 67.6 Å². The summed E-state index contributed by atoms with van der Waals surface area (Å²) in [5.41, 5.74) is 2.51. The average molecular weight is 470 g/mol. The number of nitrogens with one attached hydrogen (secondary N) is 1. The lowest BCUT2D eigenvalue weighted by Gasteiger charge is -2.35. The molecule has 1 atom stereocenters. The fourth-order valence-corrected chi connectivity index (χ4v) is 3.00. The van der Waals surface area contributed by atoms with Gasteiger partial charge in [-0.05, 0) is 25.0 Å². The number of hydrogen-bond donors (Lipinski definition) is 1. The minimum absolute atomic E-state index is 0. The lowest BCUT2D eigenvalue weighted by Crippen LogP contribution is -2.48. The molecule has 8 heteroatoms. The van der Waals surface area contributed by atoms with Crippen molar-refractivity contribution in [3.8, 4) is 0 Å². The summed E-state index contributed by atoms with van der Waals surface area (Å²) in [6, 6.07) is 8.40. The van der Waals surface area contributed by atoms with Crippen molar-refractivity contribution in [3.63, 3.8) is 0 Å². The van der Waals surface area contributed by atoms with Gasteiger partial charge in [-0.2, -0.15) is 0 Å². The third-order valence-electron chi connectivity index (χ3n) is 4.41. The van der Waals surface area contributed by atoms with Gasteiger partial charge in [0.2, 0.25) is 0 Å². The molecule has 0 spiro atoms. The predicted molar refractivity (Wildman–Crippen MR) is 113 cm³/mol. The van der Waals surface area contributed by atoms with E-state index in [1.807, 2.05) is 11.6 Å². The molecule has 0 aliphatic carbocycles. The maximum atomic E-state index is 6.02. The Bertz CT molecular complexity index is 732. The summed E-state index contributed by atoms with van der Waals surface area (Å²) in [4.78, 5) is 7.01. The zero-order valence-electron chi connectivity index (χ0n) is 15.6. The van der Waals surface area contributed by atoms with Crippen LogP contribution in [0.4, 0.5) is 0 Å². The number of halogens is 1. The average Bonchev–Trinajstić information content (AvgIpc) is 3.04. The number of aromatic nitrogens is 3. The number of benzene rings is 1. The van der Waals surface area contributed by atoms with Gasteiger partial charge in [-0.25, -0.2) is 4.99 Å². The Balaban J connectivity index is 0.00000243. The molecule has 1 N–H and O–H groups in total. The van der Waals surface area contributed by atoms with E-state index >= 15 is 0 Å². The second-order valence-corrected chi connectivity index (χ2v) is 6.19. The molecule has 3 rings (SSSR count). The van der Waals surface area contributed by atoms with Gasteiger partial charge in [-0.3, -0.25) is 0 Å². The van der Waals surface area contributed by atoms with Crippen LogP contribution in [0, 0.1) is 6.92 Å². The Morgan fingerprint density at radius 1 is 1.38 bits per heavy atom. The van der Waals surface area contributed by atoms with Crippen molar-refractivity contribution in [1.82, 2.24) is 25.0 Å². The molecule has 0 saturated carbocycles. The molecule has 1 aromatic heterocycles. The predicted octanol–water partition coefficient (Wildman–Crippen LogP) is 2.28. The molecule has 0 radical (unpaired) electrons. The van der Waals surface area contributed by atoms with Crippen molar-refractivity contribution in [2.45, 2.75) is 26.5 Å². The van der Waals surface area contributed by atoms with Crippen LogP contribution in [0.2, 0.25) is 0 Å². The highest BCUT2D eigenvalue weighted by atomic mass is 127. The lowest BCUT2D eigenvalue weighted by molar-refractivity contribution is -0.00834. The summed E-state index contributed by atoms with van der Waals surface area (Å²) >= 11 is 0. The van der Waals surface area contributed by atoms with Crippen molar-refractivity contribution < 1.29 is 4.74 Å². The van der Waals surface area contributed by atoms with Gasteiger partial charge in [0.15, 0.2) is 11.8 Å². The van der Waals surface area contributed by atoms with Crippen molar-refractivity contribution in [3.05, 3.63) is 47.5 Å². The molecule has 1 aliphatic rings. The van der Waals surface area contributed by atoms with Gasteiger partial charge < -0.3 is 19.5 Å². The van der Waals surface area contributed by atoms with Gasteiger partial charge in [0.25, 0.3) is 0 Å². The van der Waals surface area contributed by atoms with Crippen LogP contribution in [0.15, 0.2) is 35.6 Å². The quantitative estimate of drug-likeness (QED) is 0.422. The van der Waals surface area contributed by atoms with Gasteiger partial charge in [-0.1, -0.05) is 24.3 Å².